The van der Waals surface area contributed by atoms with Crippen molar-refractivity contribution >= 4 is 26.7 Å². The maximum atomic E-state index is 9.53. The highest BCUT2D eigenvalue weighted by Gasteiger charge is 2.20. The molecule has 1 aliphatic carbocycles. The summed E-state index contributed by atoms with van der Waals surface area (Å²) >= 11 is 1.74. The Balaban J connectivity index is 1.78. The summed E-state index contributed by atoms with van der Waals surface area (Å²) < 4.78 is 1.26. The lowest BCUT2D eigenvalue weighted by atomic mass is 9.93. The number of anilines is 1. The molecular formula is C15H20N2OS. The lowest BCUT2D eigenvalue weighted by Gasteiger charge is -2.25. The molecule has 3 nitrogen and oxygen atoms in total. The first-order chi connectivity index (χ1) is 9.26. The smallest absolute Gasteiger partial charge is 0.184 e. The fourth-order valence-electron chi connectivity index (χ4n) is 2.75. The number of aromatic nitrogens is 1. The van der Waals surface area contributed by atoms with E-state index in [9.17, 15) is 5.11 Å². The predicted molar refractivity (Wildman–Crippen MR) is 80.9 cm³/mol. The van der Waals surface area contributed by atoms with E-state index < -0.39 is 0 Å². The summed E-state index contributed by atoms with van der Waals surface area (Å²) in [4.78, 5) is 4.74. The third-order valence-electron chi connectivity index (χ3n) is 3.91. The van der Waals surface area contributed by atoms with Gasteiger partial charge in [0.15, 0.2) is 5.13 Å². The number of fused-ring (bicyclic) bond motifs is 1. The van der Waals surface area contributed by atoms with Crippen LogP contribution in [0.15, 0.2) is 18.2 Å². The molecule has 3 rings (SSSR count). The van der Waals surface area contributed by atoms with Crippen LogP contribution in [0.1, 0.15) is 38.2 Å². The first kappa shape index (κ1) is 12.9. The Morgan fingerprint density at radius 3 is 2.84 bits per heavy atom. The summed E-state index contributed by atoms with van der Waals surface area (Å²) in [6, 6.07) is 6.87. The Kier molecular flexibility index (Phi) is 3.71. The molecule has 2 aromatic rings. The molecule has 4 heteroatoms. The highest BCUT2D eigenvalue weighted by Crippen LogP contribution is 2.30. The summed E-state index contributed by atoms with van der Waals surface area (Å²) in [5, 5.41) is 14.1. The lowest BCUT2D eigenvalue weighted by molar-refractivity contribution is 0.126. The van der Waals surface area contributed by atoms with E-state index >= 15 is 0 Å². The molecule has 0 aliphatic heterocycles. The van der Waals surface area contributed by atoms with E-state index in [1.165, 1.54) is 10.3 Å². The van der Waals surface area contributed by atoms with Crippen LogP contribution in [-0.4, -0.2) is 22.2 Å². The zero-order valence-electron chi connectivity index (χ0n) is 11.2. The normalized spacial score (nSPS) is 23.7. The van der Waals surface area contributed by atoms with Gasteiger partial charge in [0.25, 0.3) is 0 Å². The number of rotatable bonds is 3. The van der Waals surface area contributed by atoms with E-state index in [1.807, 2.05) is 0 Å². The molecular weight excluding hydrogens is 256 g/mol. The summed E-state index contributed by atoms with van der Waals surface area (Å²) in [7, 11) is 0. The lowest BCUT2D eigenvalue weighted by Crippen LogP contribution is -2.28. The predicted octanol–water partition coefficient (Wildman–Crippen LogP) is 3.57. The van der Waals surface area contributed by atoms with Gasteiger partial charge in [-0.2, -0.15) is 0 Å². The van der Waals surface area contributed by atoms with Gasteiger partial charge in [-0.1, -0.05) is 30.4 Å². The highest BCUT2D eigenvalue weighted by atomic mass is 32.1. The van der Waals surface area contributed by atoms with E-state index in [0.29, 0.717) is 6.04 Å². The molecule has 0 atom stereocenters. The van der Waals surface area contributed by atoms with E-state index in [0.717, 1.165) is 42.8 Å². The molecule has 1 fully saturated rings. The van der Waals surface area contributed by atoms with E-state index in [2.05, 4.69) is 30.4 Å². The van der Waals surface area contributed by atoms with Crippen molar-refractivity contribution < 1.29 is 5.11 Å². The van der Waals surface area contributed by atoms with Crippen LogP contribution in [-0.2, 0) is 6.42 Å². The van der Waals surface area contributed by atoms with Gasteiger partial charge in [-0.25, -0.2) is 4.98 Å². The van der Waals surface area contributed by atoms with Crippen LogP contribution < -0.4 is 5.32 Å². The molecule has 0 amide bonds. The average molecular weight is 276 g/mol. The van der Waals surface area contributed by atoms with E-state index in [1.54, 1.807) is 11.3 Å². The van der Waals surface area contributed by atoms with Gasteiger partial charge in [0.2, 0.25) is 0 Å². The van der Waals surface area contributed by atoms with Crippen molar-refractivity contribution in [2.45, 2.75) is 51.2 Å². The van der Waals surface area contributed by atoms with Gasteiger partial charge >= 0.3 is 0 Å². The standard InChI is InChI=1S/C15H20N2OS/c1-2-10-4-3-5-13-14(10)17-15(19-13)16-11-6-8-12(18)9-7-11/h3-5,11-12,18H,2,6-9H2,1H3,(H,16,17). The topological polar surface area (TPSA) is 45.1 Å². The quantitative estimate of drug-likeness (QED) is 0.900. The van der Waals surface area contributed by atoms with Crippen LogP contribution in [0.5, 0.6) is 0 Å². The van der Waals surface area contributed by atoms with Crippen LogP contribution in [0.25, 0.3) is 10.2 Å². The summed E-state index contributed by atoms with van der Waals surface area (Å²) in [6.45, 7) is 2.17. The van der Waals surface area contributed by atoms with Gasteiger partial charge in [0.1, 0.15) is 0 Å². The van der Waals surface area contributed by atoms with Crippen molar-refractivity contribution in [3.05, 3.63) is 23.8 Å². The van der Waals surface area contributed by atoms with Gasteiger partial charge in [0, 0.05) is 6.04 Å². The SMILES string of the molecule is CCc1cccc2sc(NC3CCC(O)CC3)nc12. The number of nitrogens with one attached hydrogen (secondary N) is 1. The van der Waals surface area contributed by atoms with Crippen molar-refractivity contribution in [2.75, 3.05) is 5.32 Å². The molecule has 0 spiro atoms. The number of aliphatic hydroxyl groups is 1. The monoisotopic (exact) mass is 276 g/mol. The maximum Gasteiger partial charge on any atom is 0.184 e. The van der Waals surface area contributed by atoms with Crippen LogP contribution in [0, 0.1) is 0 Å². The Labute approximate surface area is 117 Å². The molecule has 1 aliphatic rings. The Morgan fingerprint density at radius 2 is 2.11 bits per heavy atom. The van der Waals surface area contributed by atoms with Gasteiger partial charge < -0.3 is 10.4 Å². The third-order valence-corrected chi connectivity index (χ3v) is 4.86. The van der Waals surface area contributed by atoms with Crippen LogP contribution >= 0.6 is 11.3 Å². The second-order valence-electron chi connectivity index (χ2n) is 5.29. The number of hydrogen-bond acceptors (Lipinski definition) is 4. The number of hydrogen-bond donors (Lipinski definition) is 2. The van der Waals surface area contributed by atoms with Crippen molar-refractivity contribution in [3.8, 4) is 0 Å². The number of aliphatic hydroxyl groups excluding tert-OH is 1. The first-order valence-electron chi connectivity index (χ1n) is 7.09. The second-order valence-corrected chi connectivity index (χ2v) is 6.32. The molecule has 1 aromatic carbocycles. The van der Waals surface area contributed by atoms with E-state index in [-0.39, 0.29) is 6.10 Å². The Bertz CT molecular complexity index is 558. The van der Waals surface area contributed by atoms with Crippen molar-refractivity contribution in [1.82, 2.24) is 4.98 Å². The van der Waals surface area contributed by atoms with Crippen LogP contribution in [0.3, 0.4) is 0 Å². The minimum absolute atomic E-state index is 0.0971. The van der Waals surface area contributed by atoms with Gasteiger partial charge in [0.05, 0.1) is 16.3 Å². The Hall–Kier alpha value is -1.13. The molecule has 102 valence electrons. The van der Waals surface area contributed by atoms with Gasteiger partial charge in [-0.15, -0.1) is 0 Å². The van der Waals surface area contributed by atoms with Crippen molar-refractivity contribution in [1.29, 1.82) is 0 Å². The third kappa shape index (κ3) is 2.74. The van der Waals surface area contributed by atoms with Gasteiger partial charge in [-0.3, -0.25) is 0 Å². The van der Waals surface area contributed by atoms with E-state index in [4.69, 9.17) is 4.98 Å². The minimum Gasteiger partial charge on any atom is -0.393 e. The second kappa shape index (κ2) is 5.47. The molecule has 2 N–H and O–H groups in total. The summed E-state index contributed by atoms with van der Waals surface area (Å²) in [5.74, 6) is 0. The number of benzene rings is 1. The maximum absolute atomic E-state index is 9.53. The molecule has 19 heavy (non-hydrogen) atoms. The molecule has 0 unspecified atom stereocenters. The zero-order valence-corrected chi connectivity index (χ0v) is 12.0. The molecule has 0 saturated heterocycles. The molecule has 0 bridgehead atoms. The van der Waals surface area contributed by atoms with Crippen LogP contribution in [0.2, 0.25) is 0 Å². The highest BCUT2D eigenvalue weighted by molar-refractivity contribution is 7.22. The fraction of sp³-hybridized carbons (Fsp3) is 0.533. The summed E-state index contributed by atoms with van der Waals surface area (Å²) in [5.41, 5.74) is 2.47. The number of aryl methyl sites for hydroxylation is 1. The molecule has 1 saturated carbocycles. The number of thiazole rings is 1. The fourth-order valence-corrected chi connectivity index (χ4v) is 3.74. The largest absolute Gasteiger partial charge is 0.393 e. The van der Waals surface area contributed by atoms with Crippen molar-refractivity contribution in [2.24, 2.45) is 0 Å². The Morgan fingerprint density at radius 1 is 1.32 bits per heavy atom. The van der Waals surface area contributed by atoms with Crippen molar-refractivity contribution in [3.63, 3.8) is 0 Å². The number of nitrogens with zero attached hydrogens (tertiary/aromatic N) is 1. The minimum atomic E-state index is -0.0971. The molecule has 0 radical (unpaired) electrons. The number of para-hydroxylation sites is 1. The molecule has 1 aromatic heterocycles. The summed E-state index contributed by atoms with van der Waals surface area (Å²) in [6.07, 6.45) is 4.82. The average Bonchev–Trinajstić information content (AvgIpc) is 2.83. The van der Waals surface area contributed by atoms with Crippen LogP contribution in [0.4, 0.5) is 5.13 Å². The zero-order chi connectivity index (χ0) is 13.2. The molecule has 1 heterocycles. The van der Waals surface area contributed by atoms with Gasteiger partial charge in [-0.05, 0) is 43.7 Å². The first-order valence-corrected chi connectivity index (χ1v) is 7.91.